The molecule has 0 aromatic heterocycles. The number of rotatable bonds is 32. The Bertz CT molecular complexity index is 534. The Kier molecular flexibility index (Phi) is 29.3. The van der Waals surface area contributed by atoms with E-state index >= 15 is 0 Å². The summed E-state index contributed by atoms with van der Waals surface area (Å²) < 4.78 is 34.0. The molecule has 0 N–H and O–H groups in total. The highest BCUT2D eigenvalue weighted by atomic mass is 32.3. The summed E-state index contributed by atoms with van der Waals surface area (Å²) >= 11 is 0. The maximum absolute atomic E-state index is 12.0. The molecule has 0 rings (SSSR count). The summed E-state index contributed by atoms with van der Waals surface area (Å²) in [6.45, 7) is 9.73. The summed E-state index contributed by atoms with van der Waals surface area (Å²) in [4.78, 5) is 0. The average Bonchev–Trinajstić information content (AvgIpc) is 2.91. The summed E-state index contributed by atoms with van der Waals surface area (Å²) in [6, 6.07) is 0. The SMILES string of the molecule is CCCCCCCCCCC(C)CCCCCOS(=O)(=O)OCCCCCC(C)CCCCCCCCCC. The van der Waals surface area contributed by atoms with Crippen molar-refractivity contribution in [3.63, 3.8) is 0 Å². The zero-order valence-corrected chi connectivity index (χ0v) is 27.8. The van der Waals surface area contributed by atoms with Crippen molar-refractivity contribution >= 4 is 10.4 Å². The first-order chi connectivity index (χ1) is 18.9. The molecule has 0 saturated heterocycles. The van der Waals surface area contributed by atoms with Crippen LogP contribution in [-0.4, -0.2) is 21.6 Å². The third-order valence-corrected chi connectivity index (χ3v) is 9.15. The standard InChI is InChI=1S/C34H70O4S/c1-5-7-9-11-13-15-17-21-27-33(3)29-23-19-25-31-37-39(35,36)38-32-26-20-24-30-34(4)28-22-18-16-14-12-10-8-6-2/h33-34H,5-32H2,1-4H3. The smallest absolute Gasteiger partial charge is 0.248 e. The molecule has 0 fully saturated rings. The predicted octanol–water partition coefficient (Wildman–Crippen LogP) is 11.7. The molecule has 0 aliphatic rings. The Labute approximate surface area is 246 Å². The Morgan fingerprint density at radius 1 is 0.410 bits per heavy atom. The molecule has 4 nitrogen and oxygen atoms in total. The molecule has 0 aromatic carbocycles. The molecule has 0 aliphatic carbocycles. The molecule has 39 heavy (non-hydrogen) atoms. The zero-order chi connectivity index (χ0) is 28.9. The fraction of sp³-hybridized carbons (Fsp3) is 1.00. The van der Waals surface area contributed by atoms with Crippen LogP contribution in [0.15, 0.2) is 0 Å². The number of unbranched alkanes of at least 4 members (excludes halogenated alkanes) is 18. The monoisotopic (exact) mass is 574 g/mol. The minimum atomic E-state index is -3.84. The van der Waals surface area contributed by atoms with Gasteiger partial charge in [0.05, 0.1) is 13.2 Å². The molecule has 0 amide bonds. The Hall–Kier alpha value is -0.130. The van der Waals surface area contributed by atoms with Crippen molar-refractivity contribution in [3.05, 3.63) is 0 Å². The Balaban J connectivity index is 3.49. The molecule has 0 bridgehead atoms. The molecule has 0 aliphatic heterocycles. The van der Waals surface area contributed by atoms with Crippen LogP contribution in [0.25, 0.3) is 0 Å². The normalized spacial score (nSPS) is 13.6. The van der Waals surface area contributed by atoms with E-state index in [0.717, 1.165) is 50.4 Å². The molecule has 0 saturated carbocycles. The van der Waals surface area contributed by atoms with E-state index < -0.39 is 10.4 Å². The largest absolute Gasteiger partial charge is 0.399 e. The second-order valence-corrected chi connectivity index (χ2v) is 13.8. The third-order valence-electron chi connectivity index (χ3n) is 8.24. The highest BCUT2D eigenvalue weighted by molar-refractivity contribution is 7.81. The van der Waals surface area contributed by atoms with Crippen molar-refractivity contribution in [2.24, 2.45) is 11.8 Å². The molecular weight excluding hydrogens is 504 g/mol. The van der Waals surface area contributed by atoms with E-state index in [4.69, 9.17) is 8.37 Å². The van der Waals surface area contributed by atoms with Gasteiger partial charge >= 0.3 is 10.4 Å². The van der Waals surface area contributed by atoms with Crippen LogP contribution in [0.3, 0.4) is 0 Å². The van der Waals surface area contributed by atoms with E-state index in [1.54, 1.807) is 0 Å². The minimum absolute atomic E-state index is 0.241. The van der Waals surface area contributed by atoms with E-state index in [1.165, 1.54) is 128 Å². The lowest BCUT2D eigenvalue weighted by Gasteiger charge is -2.11. The van der Waals surface area contributed by atoms with Gasteiger partial charge in [0.2, 0.25) is 0 Å². The third kappa shape index (κ3) is 30.7. The maximum atomic E-state index is 12.0. The van der Waals surface area contributed by atoms with Crippen LogP contribution < -0.4 is 0 Å². The van der Waals surface area contributed by atoms with Gasteiger partial charge in [-0.15, -0.1) is 0 Å². The lowest BCUT2D eigenvalue weighted by atomic mass is 9.96. The summed E-state index contributed by atoms with van der Waals surface area (Å²) in [6.07, 6.45) is 33.1. The van der Waals surface area contributed by atoms with E-state index in [-0.39, 0.29) is 13.2 Å². The van der Waals surface area contributed by atoms with Crippen molar-refractivity contribution in [2.75, 3.05) is 13.2 Å². The summed E-state index contributed by atoms with van der Waals surface area (Å²) in [5, 5.41) is 0. The molecule has 0 aromatic rings. The average molecular weight is 575 g/mol. The molecule has 0 radical (unpaired) electrons. The molecule has 0 spiro atoms. The topological polar surface area (TPSA) is 52.6 Å². The van der Waals surface area contributed by atoms with Crippen LogP contribution in [0.5, 0.6) is 0 Å². The van der Waals surface area contributed by atoms with Crippen LogP contribution >= 0.6 is 0 Å². The van der Waals surface area contributed by atoms with Gasteiger partial charge in [-0.2, -0.15) is 8.42 Å². The van der Waals surface area contributed by atoms with Crippen molar-refractivity contribution in [1.82, 2.24) is 0 Å². The first kappa shape index (κ1) is 38.9. The Morgan fingerprint density at radius 2 is 0.667 bits per heavy atom. The van der Waals surface area contributed by atoms with E-state index in [1.807, 2.05) is 0 Å². The van der Waals surface area contributed by atoms with Gasteiger partial charge in [0.15, 0.2) is 0 Å². The second kappa shape index (κ2) is 29.4. The predicted molar refractivity (Wildman–Crippen MR) is 171 cm³/mol. The van der Waals surface area contributed by atoms with Gasteiger partial charge in [0.1, 0.15) is 0 Å². The van der Waals surface area contributed by atoms with Crippen molar-refractivity contribution in [3.8, 4) is 0 Å². The van der Waals surface area contributed by atoms with E-state index in [0.29, 0.717) is 0 Å². The van der Waals surface area contributed by atoms with Crippen LogP contribution in [0.4, 0.5) is 0 Å². The zero-order valence-electron chi connectivity index (χ0n) is 27.0. The highest BCUT2D eigenvalue weighted by Crippen LogP contribution is 2.19. The van der Waals surface area contributed by atoms with Gasteiger partial charge in [0, 0.05) is 0 Å². The van der Waals surface area contributed by atoms with E-state index in [9.17, 15) is 8.42 Å². The summed E-state index contributed by atoms with van der Waals surface area (Å²) in [7, 11) is -3.84. The molecule has 2 atom stereocenters. The summed E-state index contributed by atoms with van der Waals surface area (Å²) in [5.41, 5.74) is 0. The van der Waals surface area contributed by atoms with E-state index in [2.05, 4.69) is 27.7 Å². The number of hydrogen-bond donors (Lipinski definition) is 0. The lowest BCUT2D eigenvalue weighted by molar-refractivity contribution is 0.207. The fourth-order valence-electron chi connectivity index (χ4n) is 5.44. The Morgan fingerprint density at radius 3 is 0.974 bits per heavy atom. The first-order valence-corrected chi connectivity index (χ1v) is 18.8. The quantitative estimate of drug-likeness (QED) is 0.0750. The first-order valence-electron chi connectivity index (χ1n) is 17.4. The lowest BCUT2D eigenvalue weighted by Crippen LogP contribution is -2.12. The molecular formula is C34H70O4S. The van der Waals surface area contributed by atoms with Gasteiger partial charge in [-0.1, -0.05) is 182 Å². The minimum Gasteiger partial charge on any atom is -0.248 e. The van der Waals surface area contributed by atoms with Gasteiger partial charge in [0.25, 0.3) is 0 Å². The van der Waals surface area contributed by atoms with Gasteiger partial charge in [-0.25, -0.2) is 8.37 Å². The molecule has 236 valence electrons. The maximum Gasteiger partial charge on any atom is 0.399 e. The van der Waals surface area contributed by atoms with Gasteiger partial charge in [-0.3, -0.25) is 0 Å². The second-order valence-electron chi connectivity index (χ2n) is 12.5. The highest BCUT2D eigenvalue weighted by Gasteiger charge is 2.11. The van der Waals surface area contributed by atoms with Crippen molar-refractivity contribution in [2.45, 2.75) is 195 Å². The van der Waals surface area contributed by atoms with Crippen molar-refractivity contribution < 1.29 is 16.8 Å². The van der Waals surface area contributed by atoms with Gasteiger partial charge < -0.3 is 0 Å². The van der Waals surface area contributed by atoms with Crippen LogP contribution in [-0.2, 0) is 18.8 Å². The molecule has 0 heterocycles. The van der Waals surface area contributed by atoms with Crippen molar-refractivity contribution in [1.29, 1.82) is 0 Å². The van der Waals surface area contributed by atoms with Crippen LogP contribution in [0.1, 0.15) is 195 Å². The van der Waals surface area contributed by atoms with Crippen LogP contribution in [0.2, 0.25) is 0 Å². The van der Waals surface area contributed by atoms with Gasteiger partial charge in [-0.05, 0) is 24.7 Å². The fourth-order valence-corrected chi connectivity index (χ4v) is 6.15. The molecule has 2 unspecified atom stereocenters. The van der Waals surface area contributed by atoms with Crippen LogP contribution in [0, 0.1) is 11.8 Å². The summed E-state index contributed by atoms with van der Waals surface area (Å²) in [5.74, 6) is 1.54. The molecule has 5 heteroatoms. The number of hydrogen-bond acceptors (Lipinski definition) is 4.